The van der Waals surface area contributed by atoms with Gasteiger partial charge in [-0.15, -0.1) is 0 Å². The lowest BCUT2D eigenvalue weighted by molar-refractivity contribution is 0.0474. The van der Waals surface area contributed by atoms with E-state index in [1.807, 2.05) is 43.3 Å². The number of benzene rings is 2. The van der Waals surface area contributed by atoms with E-state index in [1.54, 1.807) is 18.1 Å². The number of halogens is 1. The number of methoxy groups -OCH3 is 1. The molecule has 0 aromatic heterocycles. The molecule has 132 valence electrons. The maximum Gasteiger partial charge on any atom is 0.255 e. The lowest BCUT2D eigenvalue weighted by atomic mass is 10.1. The minimum Gasteiger partial charge on any atom is -0.497 e. The van der Waals surface area contributed by atoms with Gasteiger partial charge in [0.15, 0.2) is 17.6 Å². The van der Waals surface area contributed by atoms with E-state index < -0.39 is 0 Å². The molecule has 1 heterocycles. The molecule has 0 radical (unpaired) electrons. The molecule has 0 spiro atoms. The predicted octanol–water partition coefficient (Wildman–Crippen LogP) is 3.76. The minimum absolute atomic E-state index is 0.0734. The van der Waals surface area contributed by atoms with Crippen LogP contribution < -0.4 is 14.2 Å². The van der Waals surface area contributed by atoms with Crippen LogP contribution in [0.2, 0.25) is 0 Å². The molecule has 0 saturated heterocycles. The average molecular weight is 406 g/mol. The van der Waals surface area contributed by atoms with E-state index in [4.69, 9.17) is 14.2 Å². The van der Waals surface area contributed by atoms with Gasteiger partial charge in [0.1, 0.15) is 12.4 Å². The summed E-state index contributed by atoms with van der Waals surface area (Å²) < 4.78 is 17.7. The normalized spacial score (nSPS) is 15.6. The van der Waals surface area contributed by atoms with Gasteiger partial charge in [0.2, 0.25) is 0 Å². The van der Waals surface area contributed by atoms with Crippen molar-refractivity contribution in [3.63, 3.8) is 0 Å². The molecule has 0 N–H and O–H groups in total. The molecular weight excluding hydrogens is 386 g/mol. The van der Waals surface area contributed by atoms with Crippen molar-refractivity contribution in [3.05, 3.63) is 52.5 Å². The number of fused-ring (bicyclic) bond motifs is 1. The molecule has 25 heavy (non-hydrogen) atoms. The molecule has 1 amide bonds. The molecule has 6 heteroatoms. The fourth-order valence-corrected chi connectivity index (χ4v) is 3.14. The number of amides is 1. The zero-order valence-corrected chi connectivity index (χ0v) is 15.8. The van der Waals surface area contributed by atoms with E-state index in [1.165, 1.54) is 0 Å². The van der Waals surface area contributed by atoms with E-state index in [0.29, 0.717) is 36.8 Å². The van der Waals surface area contributed by atoms with Gasteiger partial charge in [-0.2, -0.15) is 0 Å². The zero-order chi connectivity index (χ0) is 17.8. The van der Waals surface area contributed by atoms with Crippen molar-refractivity contribution in [2.24, 2.45) is 0 Å². The van der Waals surface area contributed by atoms with Crippen molar-refractivity contribution in [1.82, 2.24) is 4.90 Å². The fraction of sp³-hybridized carbons (Fsp3) is 0.316. The standard InChI is InChI=1S/C19H20BrNO4/c1-3-21(19(22)15-10-13(23-2)8-9-16(15)20)11-14-12-24-17-6-4-5-7-18(17)25-14/h4-10,14H,3,11-12H2,1-2H3. The molecule has 5 nitrogen and oxygen atoms in total. The van der Waals surface area contributed by atoms with Gasteiger partial charge < -0.3 is 19.1 Å². The quantitative estimate of drug-likeness (QED) is 0.759. The first-order chi connectivity index (χ1) is 12.1. The van der Waals surface area contributed by atoms with E-state index in [2.05, 4.69) is 15.9 Å². The second-order valence-corrected chi connectivity index (χ2v) is 6.54. The Morgan fingerprint density at radius 1 is 1.28 bits per heavy atom. The Bertz CT molecular complexity index is 765. The van der Waals surface area contributed by atoms with Crippen LogP contribution in [0.4, 0.5) is 0 Å². The van der Waals surface area contributed by atoms with Crippen LogP contribution in [0, 0.1) is 0 Å². The largest absolute Gasteiger partial charge is 0.497 e. The van der Waals surface area contributed by atoms with E-state index in [0.717, 1.165) is 10.2 Å². The number of para-hydroxylation sites is 2. The highest BCUT2D eigenvalue weighted by Crippen LogP contribution is 2.31. The van der Waals surface area contributed by atoms with Crippen molar-refractivity contribution in [1.29, 1.82) is 0 Å². The van der Waals surface area contributed by atoms with Crippen LogP contribution in [0.15, 0.2) is 46.9 Å². The summed E-state index contributed by atoms with van der Waals surface area (Å²) in [4.78, 5) is 14.7. The molecule has 0 saturated carbocycles. The number of hydrogen-bond donors (Lipinski definition) is 0. The van der Waals surface area contributed by atoms with Crippen LogP contribution in [0.25, 0.3) is 0 Å². The Morgan fingerprint density at radius 2 is 2.04 bits per heavy atom. The number of carbonyl (C=O) groups excluding carboxylic acids is 1. The summed E-state index contributed by atoms with van der Waals surface area (Å²) in [7, 11) is 1.58. The van der Waals surface area contributed by atoms with Crippen LogP contribution in [0.5, 0.6) is 17.2 Å². The monoisotopic (exact) mass is 405 g/mol. The highest BCUT2D eigenvalue weighted by atomic mass is 79.9. The number of ether oxygens (including phenoxy) is 3. The van der Waals surface area contributed by atoms with Crippen LogP contribution in [0.1, 0.15) is 17.3 Å². The lowest BCUT2D eigenvalue weighted by Crippen LogP contribution is -2.43. The van der Waals surface area contributed by atoms with Crippen LogP contribution in [-0.4, -0.2) is 43.7 Å². The number of likely N-dealkylation sites (N-methyl/N-ethyl adjacent to an activating group) is 1. The van der Waals surface area contributed by atoms with Gasteiger partial charge in [0.25, 0.3) is 5.91 Å². The molecule has 1 aliphatic rings. The summed E-state index contributed by atoms with van der Waals surface area (Å²) in [6.07, 6.45) is -0.205. The van der Waals surface area contributed by atoms with Gasteiger partial charge in [-0.25, -0.2) is 0 Å². The minimum atomic E-state index is -0.205. The third-order valence-corrected chi connectivity index (χ3v) is 4.76. The Hall–Kier alpha value is -2.21. The third kappa shape index (κ3) is 3.90. The SMILES string of the molecule is CCN(CC1COc2ccccc2O1)C(=O)c1cc(OC)ccc1Br. The van der Waals surface area contributed by atoms with Gasteiger partial charge in [0.05, 0.1) is 19.2 Å². The molecule has 0 aliphatic carbocycles. The molecular formula is C19H20BrNO4. The smallest absolute Gasteiger partial charge is 0.255 e. The highest BCUT2D eigenvalue weighted by molar-refractivity contribution is 9.10. The Kier molecular flexibility index (Phi) is 5.48. The summed E-state index contributed by atoms with van der Waals surface area (Å²) >= 11 is 3.45. The van der Waals surface area contributed by atoms with Gasteiger partial charge in [-0.3, -0.25) is 4.79 Å². The Labute approximate surface area is 155 Å². The van der Waals surface area contributed by atoms with Gasteiger partial charge in [-0.05, 0) is 53.2 Å². The van der Waals surface area contributed by atoms with Gasteiger partial charge in [-0.1, -0.05) is 12.1 Å². The summed E-state index contributed by atoms with van der Waals surface area (Å²) in [5, 5.41) is 0. The number of carbonyl (C=O) groups is 1. The molecule has 0 fully saturated rings. The number of nitrogens with zero attached hydrogens (tertiary/aromatic N) is 1. The Balaban J connectivity index is 1.74. The first-order valence-electron chi connectivity index (χ1n) is 8.13. The maximum absolute atomic E-state index is 12.9. The van der Waals surface area contributed by atoms with E-state index in [9.17, 15) is 4.79 Å². The topological polar surface area (TPSA) is 48.0 Å². The van der Waals surface area contributed by atoms with Crippen molar-refractivity contribution >= 4 is 21.8 Å². The lowest BCUT2D eigenvalue weighted by Gasteiger charge is -2.31. The summed E-state index contributed by atoms with van der Waals surface area (Å²) in [5.41, 5.74) is 0.568. The van der Waals surface area contributed by atoms with Crippen molar-refractivity contribution < 1.29 is 19.0 Å². The summed E-state index contributed by atoms with van der Waals surface area (Å²) in [6.45, 7) is 3.39. The third-order valence-electron chi connectivity index (χ3n) is 4.06. The van der Waals surface area contributed by atoms with E-state index in [-0.39, 0.29) is 12.0 Å². The van der Waals surface area contributed by atoms with Gasteiger partial charge in [0, 0.05) is 11.0 Å². The molecule has 1 unspecified atom stereocenters. The predicted molar refractivity (Wildman–Crippen MR) is 98.6 cm³/mol. The Morgan fingerprint density at radius 3 is 2.76 bits per heavy atom. The second-order valence-electron chi connectivity index (χ2n) is 5.69. The van der Waals surface area contributed by atoms with Crippen LogP contribution in [0.3, 0.4) is 0 Å². The molecule has 2 aromatic rings. The molecule has 2 aromatic carbocycles. The molecule has 1 atom stereocenters. The molecule has 1 aliphatic heterocycles. The number of rotatable bonds is 5. The molecule has 0 bridgehead atoms. The summed E-state index contributed by atoms with van der Waals surface area (Å²) in [5.74, 6) is 2.03. The zero-order valence-electron chi connectivity index (χ0n) is 14.2. The highest BCUT2D eigenvalue weighted by Gasteiger charge is 2.26. The van der Waals surface area contributed by atoms with Crippen molar-refractivity contribution in [3.8, 4) is 17.2 Å². The van der Waals surface area contributed by atoms with Crippen molar-refractivity contribution in [2.45, 2.75) is 13.0 Å². The number of hydrogen-bond acceptors (Lipinski definition) is 4. The van der Waals surface area contributed by atoms with Crippen LogP contribution >= 0.6 is 15.9 Å². The first-order valence-corrected chi connectivity index (χ1v) is 8.93. The second kappa shape index (κ2) is 7.78. The van der Waals surface area contributed by atoms with E-state index >= 15 is 0 Å². The van der Waals surface area contributed by atoms with Crippen LogP contribution in [-0.2, 0) is 0 Å². The first kappa shape index (κ1) is 17.6. The average Bonchev–Trinajstić information content (AvgIpc) is 2.66. The van der Waals surface area contributed by atoms with Crippen molar-refractivity contribution in [2.75, 3.05) is 26.8 Å². The fourth-order valence-electron chi connectivity index (χ4n) is 2.72. The maximum atomic E-state index is 12.9. The van der Waals surface area contributed by atoms with Gasteiger partial charge >= 0.3 is 0 Å². The summed E-state index contributed by atoms with van der Waals surface area (Å²) in [6, 6.07) is 12.9. The molecule has 3 rings (SSSR count).